The van der Waals surface area contributed by atoms with Crippen molar-refractivity contribution < 1.29 is 9.72 Å². The summed E-state index contributed by atoms with van der Waals surface area (Å²) in [5.74, 6) is -0.0558. The molecular weight excluding hydrogens is 354 g/mol. The fourth-order valence-corrected chi connectivity index (χ4v) is 6.07. The lowest BCUT2D eigenvalue weighted by Gasteiger charge is -2.39. The molecule has 1 aromatic rings. The van der Waals surface area contributed by atoms with Gasteiger partial charge in [0, 0.05) is 37.3 Å². The molecule has 2 aliphatic heterocycles. The molecule has 0 radical (unpaired) electrons. The number of nitrogens with zero attached hydrogens (tertiary/aromatic N) is 3. The normalized spacial score (nSPS) is 29.0. The zero-order valence-corrected chi connectivity index (χ0v) is 17.2. The number of hydrogen-bond donors (Lipinski definition) is 0. The average Bonchev–Trinajstić information content (AvgIpc) is 2.90. The molecule has 1 aromatic carbocycles. The smallest absolute Gasteiger partial charge is 0.293 e. The van der Waals surface area contributed by atoms with Gasteiger partial charge in [-0.2, -0.15) is 0 Å². The molecule has 2 saturated heterocycles. The lowest BCUT2D eigenvalue weighted by atomic mass is 9.65. The van der Waals surface area contributed by atoms with Crippen LogP contribution >= 0.6 is 0 Å². The van der Waals surface area contributed by atoms with E-state index in [2.05, 4.69) is 25.7 Å². The number of likely N-dealkylation sites (tertiary alicyclic amines) is 1. The first-order chi connectivity index (χ1) is 13.2. The van der Waals surface area contributed by atoms with E-state index in [1.54, 1.807) is 12.1 Å². The number of rotatable bonds is 3. The van der Waals surface area contributed by atoms with Crippen molar-refractivity contribution in [3.05, 3.63) is 33.9 Å². The second-order valence-corrected chi connectivity index (χ2v) is 10.2. The highest BCUT2D eigenvalue weighted by atomic mass is 16.6. The Kier molecular flexibility index (Phi) is 4.63. The Balaban J connectivity index is 1.61. The zero-order valence-electron chi connectivity index (χ0n) is 17.2. The third-order valence-corrected chi connectivity index (χ3v) is 6.79. The van der Waals surface area contributed by atoms with Gasteiger partial charge in [-0.05, 0) is 61.5 Å². The highest BCUT2D eigenvalue weighted by Gasteiger charge is 2.51. The molecule has 3 aliphatic rings. The number of carbonyl (C=O) groups excluding carboxylic acids is 1. The Bertz CT molecular complexity index is 800. The van der Waals surface area contributed by atoms with Gasteiger partial charge >= 0.3 is 0 Å². The Labute approximate surface area is 167 Å². The monoisotopic (exact) mass is 385 g/mol. The van der Waals surface area contributed by atoms with E-state index in [9.17, 15) is 14.9 Å². The summed E-state index contributed by atoms with van der Waals surface area (Å²) in [6.07, 6.45) is 6.45. The summed E-state index contributed by atoms with van der Waals surface area (Å²) in [4.78, 5) is 28.8. The van der Waals surface area contributed by atoms with E-state index in [-0.39, 0.29) is 33.4 Å². The predicted octanol–water partition coefficient (Wildman–Crippen LogP) is 4.63. The van der Waals surface area contributed by atoms with Crippen LogP contribution in [0.3, 0.4) is 0 Å². The van der Waals surface area contributed by atoms with Crippen LogP contribution in [-0.4, -0.2) is 41.4 Å². The van der Waals surface area contributed by atoms with E-state index < -0.39 is 0 Å². The minimum absolute atomic E-state index is 0.0558. The van der Waals surface area contributed by atoms with Gasteiger partial charge in [-0.25, -0.2) is 0 Å². The highest BCUT2D eigenvalue weighted by molar-refractivity contribution is 5.96. The van der Waals surface area contributed by atoms with E-state index in [1.807, 2.05) is 4.90 Å². The van der Waals surface area contributed by atoms with Crippen LogP contribution in [0.2, 0.25) is 0 Å². The first-order valence-corrected chi connectivity index (χ1v) is 10.5. The summed E-state index contributed by atoms with van der Waals surface area (Å²) in [7, 11) is 0. The number of benzene rings is 1. The zero-order chi connectivity index (χ0) is 20.1. The van der Waals surface area contributed by atoms with Crippen LogP contribution in [0.15, 0.2) is 18.2 Å². The van der Waals surface area contributed by atoms with Crippen LogP contribution in [0.25, 0.3) is 0 Å². The maximum absolute atomic E-state index is 13.3. The number of amides is 1. The maximum atomic E-state index is 13.3. The largest absolute Gasteiger partial charge is 0.366 e. The molecule has 0 aromatic heterocycles. The molecule has 6 nitrogen and oxygen atoms in total. The molecular formula is C22H31N3O3. The number of fused-ring (bicyclic) bond motifs is 2. The van der Waals surface area contributed by atoms with E-state index in [1.165, 1.54) is 12.5 Å². The minimum atomic E-state index is -0.340. The summed E-state index contributed by atoms with van der Waals surface area (Å²) in [5.41, 5.74) is 1.54. The summed E-state index contributed by atoms with van der Waals surface area (Å²) < 4.78 is 0. The fraction of sp³-hybridized carbons (Fsp3) is 0.682. The molecule has 0 spiro atoms. The van der Waals surface area contributed by atoms with Crippen molar-refractivity contribution in [3.63, 3.8) is 0 Å². The van der Waals surface area contributed by atoms with Crippen molar-refractivity contribution >= 4 is 17.3 Å². The van der Waals surface area contributed by atoms with Gasteiger partial charge in [0.25, 0.3) is 11.6 Å². The Morgan fingerprint density at radius 2 is 1.86 bits per heavy atom. The number of piperidine rings is 1. The summed E-state index contributed by atoms with van der Waals surface area (Å²) in [5, 5.41) is 11.7. The second-order valence-electron chi connectivity index (χ2n) is 10.2. The van der Waals surface area contributed by atoms with Crippen LogP contribution in [0.4, 0.5) is 11.4 Å². The van der Waals surface area contributed by atoms with E-state index in [0.29, 0.717) is 11.3 Å². The summed E-state index contributed by atoms with van der Waals surface area (Å²) >= 11 is 0. The van der Waals surface area contributed by atoms with Crippen molar-refractivity contribution in [3.8, 4) is 0 Å². The van der Waals surface area contributed by atoms with Gasteiger partial charge in [-0.15, -0.1) is 0 Å². The van der Waals surface area contributed by atoms with Crippen molar-refractivity contribution in [2.24, 2.45) is 10.8 Å². The Morgan fingerprint density at radius 1 is 1.14 bits per heavy atom. The van der Waals surface area contributed by atoms with Gasteiger partial charge in [0.05, 0.1) is 4.92 Å². The molecule has 152 valence electrons. The van der Waals surface area contributed by atoms with Gasteiger partial charge in [0.15, 0.2) is 0 Å². The topological polar surface area (TPSA) is 66.7 Å². The number of hydrogen-bond acceptors (Lipinski definition) is 4. The quantitative estimate of drug-likeness (QED) is 0.562. The van der Waals surface area contributed by atoms with Crippen LogP contribution in [0, 0.1) is 20.9 Å². The van der Waals surface area contributed by atoms with E-state index in [4.69, 9.17) is 0 Å². The first kappa shape index (κ1) is 19.2. The third kappa shape index (κ3) is 3.49. The van der Waals surface area contributed by atoms with Gasteiger partial charge in [-0.3, -0.25) is 14.9 Å². The molecule has 0 N–H and O–H groups in total. The van der Waals surface area contributed by atoms with Gasteiger partial charge in [-0.1, -0.05) is 20.8 Å². The Morgan fingerprint density at radius 3 is 2.54 bits per heavy atom. The number of nitro groups is 1. The van der Waals surface area contributed by atoms with Gasteiger partial charge in [0.1, 0.15) is 5.69 Å². The van der Waals surface area contributed by atoms with E-state index >= 15 is 0 Å². The predicted molar refractivity (Wildman–Crippen MR) is 110 cm³/mol. The molecule has 28 heavy (non-hydrogen) atoms. The van der Waals surface area contributed by atoms with Crippen molar-refractivity contribution in [2.45, 2.75) is 65.3 Å². The number of nitro benzene ring substituents is 1. The molecule has 2 heterocycles. The molecule has 3 fully saturated rings. The van der Waals surface area contributed by atoms with Crippen molar-refractivity contribution in [1.29, 1.82) is 0 Å². The minimum Gasteiger partial charge on any atom is -0.366 e. The highest BCUT2D eigenvalue weighted by Crippen LogP contribution is 2.52. The van der Waals surface area contributed by atoms with Crippen LogP contribution in [0.5, 0.6) is 0 Å². The molecule has 6 heteroatoms. The maximum Gasteiger partial charge on any atom is 0.293 e. The van der Waals surface area contributed by atoms with Crippen molar-refractivity contribution in [1.82, 2.24) is 4.90 Å². The van der Waals surface area contributed by atoms with Crippen LogP contribution < -0.4 is 4.90 Å². The molecule has 2 bridgehead atoms. The lowest BCUT2D eigenvalue weighted by molar-refractivity contribution is -0.384. The number of carbonyl (C=O) groups is 1. The van der Waals surface area contributed by atoms with Crippen LogP contribution in [-0.2, 0) is 0 Å². The van der Waals surface area contributed by atoms with Crippen molar-refractivity contribution in [2.75, 3.05) is 24.5 Å². The lowest BCUT2D eigenvalue weighted by Crippen LogP contribution is -2.37. The molecule has 1 saturated carbocycles. The molecule has 1 amide bonds. The van der Waals surface area contributed by atoms with Gasteiger partial charge < -0.3 is 9.80 Å². The van der Waals surface area contributed by atoms with E-state index in [0.717, 1.165) is 51.7 Å². The van der Waals surface area contributed by atoms with Crippen LogP contribution in [0.1, 0.15) is 69.7 Å². The first-order valence-electron chi connectivity index (χ1n) is 10.5. The van der Waals surface area contributed by atoms with Gasteiger partial charge in [0.2, 0.25) is 0 Å². The second kappa shape index (κ2) is 6.75. The average molecular weight is 386 g/mol. The molecule has 0 unspecified atom stereocenters. The summed E-state index contributed by atoms with van der Waals surface area (Å²) in [6, 6.07) is 5.31. The Hall–Kier alpha value is -2.11. The fourth-order valence-electron chi connectivity index (χ4n) is 6.07. The molecule has 4 rings (SSSR count). The third-order valence-electron chi connectivity index (χ3n) is 6.79. The number of anilines is 1. The SMILES string of the molecule is CC1(C)C[C@@H]2C[C@@](C)(CN2C(=O)c2ccc(N3CCCCC3)c([N+](=O)[O-])c2)C1. The molecule has 2 atom stereocenters. The standard InChI is InChI=1S/C22H31N3O3/c1-21(2)12-17-13-22(3,14-21)15-24(17)20(26)16-7-8-18(19(11-16)25(27)28)23-9-5-4-6-10-23/h7-8,11,17H,4-6,9-10,12-15H2,1-3H3/t17-,22-/m1/s1. The molecule has 1 aliphatic carbocycles. The summed E-state index contributed by atoms with van der Waals surface area (Å²) in [6.45, 7) is 9.27.